The lowest BCUT2D eigenvalue weighted by Gasteiger charge is -2.64. The zero-order valence-electron chi connectivity index (χ0n) is 31.9. The van der Waals surface area contributed by atoms with Gasteiger partial charge in [-0.05, 0) is 109 Å². The van der Waals surface area contributed by atoms with Crippen LogP contribution in [0.5, 0.6) is 17.2 Å². The molecule has 4 fully saturated rings. The van der Waals surface area contributed by atoms with E-state index in [9.17, 15) is 9.59 Å². The van der Waals surface area contributed by atoms with Crippen molar-refractivity contribution in [2.75, 3.05) is 13.3 Å². The molecule has 1 aliphatic heterocycles. The fourth-order valence-electron chi connectivity index (χ4n) is 8.55. The Hall–Kier alpha value is -4.64. The molecule has 4 aromatic rings. The SMILES string of the molecule is CC(C)C[C@H](NC(=O)[C@H](CNC(=O)c1ccc(-c2ccccc2)cc1)NCOc1ccc(Oc2ccccc2)cc1)B1O[C@@H]2C[C@@H]3C[C@@H](C3(C)C)[C@]2(C)O1. The molecule has 8 rings (SSSR count). The van der Waals surface area contributed by atoms with E-state index in [4.69, 9.17) is 18.8 Å². The van der Waals surface area contributed by atoms with E-state index in [0.29, 0.717) is 35.3 Å². The molecule has 0 radical (unpaired) electrons. The molecule has 4 aromatic carbocycles. The molecule has 3 N–H and O–H groups in total. The van der Waals surface area contributed by atoms with E-state index in [1.54, 1.807) is 12.1 Å². The normalized spacial score (nSPS) is 23.4. The molecular formula is C44H52BN3O6. The van der Waals surface area contributed by atoms with Crippen LogP contribution in [0.2, 0.25) is 0 Å². The van der Waals surface area contributed by atoms with E-state index in [2.05, 4.69) is 50.6 Å². The molecule has 2 bridgehead atoms. The van der Waals surface area contributed by atoms with E-state index in [-0.39, 0.29) is 54.1 Å². The number of hydrogen-bond acceptors (Lipinski definition) is 7. The molecular weight excluding hydrogens is 677 g/mol. The van der Waals surface area contributed by atoms with E-state index in [1.807, 2.05) is 97.1 Å². The van der Waals surface area contributed by atoms with Crippen LogP contribution in [0.1, 0.15) is 64.2 Å². The third-order valence-electron chi connectivity index (χ3n) is 11.8. The molecule has 4 aliphatic rings. The predicted molar refractivity (Wildman–Crippen MR) is 211 cm³/mol. The predicted octanol–water partition coefficient (Wildman–Crippen LogP) is 7.67. The van der Waals surface area contributed by atoms with Gasteiger partial charge in [-0.3, -0.25) is 14.9 Å². The molecule has 2 amide bonds. The van der Waals surface area contributed by atoms with Gasteiger partial charge in [0.2, 0.25) is 5.91 Å². The van der Waals surface area contributed by atoms with Crippen LogP contribution in [0.15, 0.2) is 109 Å². The number of hydrogen-bond donors (Lipinski definition) is 3. The van der Waals surface area contributed by atoms with Gasteiger partial charge < -0.3 is 29.4 Å². The van der Waals surface area contributed by atoms with Crippen molar-refractivity contribution in [3.8, 4) is 28.4 Å². The number of amides is 2. The van der Waals surface area contributed by atoms with Crippen LogP contribution < -0.4 is 25.4 Å². The van der Waals surface area contributed by atoms with Crippen molar-refractivity contribution in [1.82, 2.24) is 16.0 Å². The summed E-state index contributed by atoms with van der Waals surface area (Å²) in [7, 11) is -0.562. The Kier molecular flexibility index (Phi) is 11.2. The highest BCUT2D eigenvalue weighted by atomic mass is 16.7. The zero-order valence-corrected chi connectivity index (χ0v) is 31.9. The average molecular weight is 730 g/mol. The largest absolute Gasteiger partial charge is 0.481 e. The van der Waals surface area contributed by atoms with Gasteiger partial charge in [-0.1, -0.05) is 88.4 Å². The fourth-order valence-corrected chi connectivity index (χ4v) is 8.55. The van der Waals surface area contributed by atoms with Gasteiger partial charge in [-0.15, -0.1) is 0 Å². The van der Waals surface area contributed by atoms with Crippen LogP contribution in [0.3, 0.4) is 0 Å². The summed E-state index contributed by atoms with van der Waals surface area (Å²) < 4.78 is 25.3. The second-order valence-electron chi connectivity index (χ2n) is 16.2. The maximum Gasteiger partial charge on any atom is 0.481 e. The van der Waals surface area contributed by atoms with Gasteiger partial charge in [-0.25, -0.2) is 0 Å². The second-order valence-corrected chi connectivity index (χ2v) is 16.2. The summed E-state index contributed by atoms with van der Waals surface area (Å²) in [5, 5.41) is 9.46. The highest BCUT2D eigenvalue weighted by Gasteiger charge is 2.68. The lowest BCUT2D eigenvalue weighted by atomic mass is 9.43. The van der Waals surface area contributed by atoms with Crippen LogP contribution in [0.4, 0.5) is 0 Å². The highest BCUT2D eigenvalue weighted by Crippen LogP contribution is 2.65. The summed E-state index contributed by atoms with van der Waals surface area (Å²) in [4.78, 5) is 27.5. The van der Waals surface area contributed by atoms with Crippen LogP contribution in [-0.4, -0.2) is 55.9 Å². The lowest BCUT2D eigenvalue weighted by molar-refractivity contribution is -0.199. The summed E-state index contributed by atoms with van der Waals surface area (Å²) in [5.74, 6) is 2.43. The molecule has 9 nitrogen and oxygen atoms in total. The number of benzene rings is 4. The van der Waals surface area contributed by atoms with Crippen molar-refractivity contribution in [1.29, 1.82) is 0 Å². The first-order chi connectivity index (χ1) is 26.0. The van der Waals surface area contributed by atoms with Crippen LogP contribution in [0, 0.1) is 23.2 Å². The Morgan fingerprint density at radius 2 is 1.44 bits per heavy atom. The first kappa shape index (κ1) is 37.7. The summed E-state index contributed by atoms with van der Waals surface area (Å²) in [6.07, 6.45) is 2.81. The minimum atomic E-state index is -0.807. The molecule has 10 heteroatoms. The maximum atomic E-state index is 14.2. The average Bonchev–Trinajstić information content (AvgIpc) is 3.54. The monoisotopic (exact) mass is 729 g/mol. The van der Waals surface area contributed by atoms with Crippen molar-refractivity contribution in [3.05, 3.63) is 115 Å². The lowest BCUT2D eigenvalue weighted by Crippen LogP contribution is -2.65. The number of carbonyl (C=O) groups excluding carboxylic acids is 2. The minimum absolute atomic E-state index is 0.00482. The maximum absolute atomic E-state index is 14.2. The Bertz CT molecular complexity index is 1870. The number of carbonyl (C=O) groups is 2. The fraction of sp³-hybridized carbons (Fsp3) is 0.409. The van der Waals surface area contributed by atoms with Gasteiger partial charge in [0.05, 0.1) is 17.6 Å². The van der Waals surface area contributed by atoms with Crippen LogP contribution in [0.25, 0.3) is 11.1 Å². The van der Waals surface area contributed by atoms with Gasteiger partial charge in [0.1, 0.15) is 30.0 Å². The van der Waals surface area contributed by atoms with Gasteiger partial charge in [0, 0.05) is 12.1 Å². The minimum Gasteiger partial charge on any atom is -0.478 e. The molecule has 0 unspecified atom stereocenters. The number of ether oxygens (including phenoxy) is 2. The summed E-state index contributed by atoms with van der Waals surface area (Å²) in [5.41, 5.74) is 2.42. The molecule has 0 spiro atoms. The third kappa shape index (κ3) is 8.21. The van der Waals surface area contributed by atoms with Gasteiger partial charge >= 0.3 is 7.12 Å². The zero-order chi connectivity index (χ0) is 37.9. The van der Waals surface area contributed by atoms with Crippen molar-refractivity contribution in [2.45, 2.75) is 77.6 Å². The first-order valence-electron chi connectivity index (χ1n) is 19.3. The van der Waals surface area contributed by atoms with E-state index < -0.39 is 13.2 Å². The molecule has 0 aromatic heterocycles. The third-order valence-corrected chi connectivity index (χ3v) is 11.8. The van der Waals surface area contributed by atoms with Gasteiger partial charge in [-0.2, -0.15) is 0 Å². The molecule has 1 heterocycles. The van der Waals surface area contributed by atoms with Crippen molar-refractivity contribution in [3.63, 3.8) is 0 Å². The Morgan fingerprint density at radius 1 is 0.815 bits per heavy atom. The molecule has 1 saturated heterocycles. The number of para-hydroxylation sites is 1. The van der Waals surface area contributed by atoms with Crippen LogP contribution >= 0.6 is 0 Å². The topological polar surface area (TPSA) is 107 Å². The van der Waals surface area contributed by atoms with Gasteiger partial charge in [0.15, 0.2) is 0 Å². The van der Waals surface area contributed by atoms with Crippen LogP contribution in [-0.2, 0) is 14.1 Å². The van der Waals surface area contributed by atoms with E-state index >= 15 is 0 Å². The van der Waals surface area contributed by atoms with E-state index in [0.717, 1.165) is 29.7 Å². The first-order valence-corrected chi connectivity index (χ1v) is 19.3. The van der Waals surface area contributed by atoms with Crippen molar-refractivity contribution < 1.29 is 28.4 Å². The second kappa shape index (κ2) is 16.0. The Balaban J connectivity index is 1.02. The van der Waals surface area contributed by atoms with Crippen molar-refractivity contribution >= 4 is 18.9 Å². The van der Waals surface area contributed by atoms with E-state index in [1.165, 1.54) is 0 Å². The highest BCUT2D eigenvalue weighted by molar-refractivity contribution is 6.48. The summed E-state index contributed by atoms with van der Waals surface area (Å²) in [6, 6.07) is 33.5. The summed E-state index contributed by atoms with van der Waals surface area (Å²) in [6.45, 7) is 11.2. The summed E-state index contributed by atoms with van der Waals surface area (Å²) >= 11 is 0. The standard InChI is InChI=1S/C44H52BN3O6/c1-29(2)24-40(45-53-39-26-33-25-38(43(33,3)4)44(39,5)54-45)48-42(50)37(27-46-41(49)32-18-16-31(17-19-32)30-12-8-6-9-13-30)47-28-51-34-20-22-36(23-21-34)52-35-14-10-7-11-15-35/h6-23,29,33,37-40,47H,24-28H2,1-5H3,(H,46,49)(H,48,50)/t33-,37-,38-,39+,40-,44-/m0/s1. The molecule has 6 atom stereocenters. The quantitative estimate of drug-likeness (QED) is 0.0852. The Morgan fingerprint density at radius 3 is 2.11 bits per heavy atom. The molecule has 3 aliphatic carbocycles. The number of rotatable bonds is 15. The molecule has 282 valence electrons. The Labute approximate surface area is 319 Å². The van der Waals surface area contributed by atoms with Crippen molar-refractivity contribution in [2.24, 2.45) is 23.2 Å². The molecule has 3 saturated carbocycles. The number of nitrogens with one attached hydrogen (secondary N) is 3. The molecule has 54 heavy (non-hydrogen) atoms. The van der Waals surface area contributed by atoms with Gasteiger partial charge in [0.25, 0.3) is 5.91 Å². The smallest absolute Gasteiger partial charge is 0.478 e.